The highest BCUT2D eigenvalue weighted by atomic mass is 15.1. The summed E-state index contributed by atoms with van der Waals surface area (Å²) in [5.74, 6) is 0. The van der Waals surface area contributed by atoms with Gasteiger partial charge < -0.3 is 4.90 Å². The van der Waals surface area contributed by atoms with Crippen molar-refractivity contribution in [1.82, 2.24) is 0 Å². The van der Waals surface area contributed by atoms with E-state index >= 15 is 0 Å². The fourth-order valence-corrected chi connectivity index (χ4v) is 11.7. The van der Waals surface area contributed by atoms with Gasteiger partial charge in [0.05, 0.1) is 11.1 Å². The first-order chi connectivity index (χ1) is 33.6. The molecule has 0 radical (unpaired) electrons. The number of aryl methyl sites for hydroxylation is 2. The Hall–Kier alpha value is -8.52. The predicted molar refractivity (Wildman–Crippen MR) is 289 cm³/mol. The van der Waals surface area contributed by atoms with E-state index in [1.807, 2.05) is 0 Å². The van der Waals surface area contributed by atoms with Crippen molar-refractivity contribution in [3.8, 4) is 33.4 Å². The summed E-state index contributed by atoms with van der Waals surface area (Å²) >= 11 is 0. The van der Waals surface area contributed by atoms with Crippen molar-refractivity contribution in [3.05, 3.63) is 282 Å². The van der Waals surface area contributed by atoms with Crippen LogP contribution in [0.3, 0.4) is 0 Å². The largest absolute Gasteiger partial charge is 0.310 e. The van der Waals surface area contributed by atoms with Gasteiger partial charge in [-0.3, -0.25) is 0 Å². The summed E-state index contributed by atoms with van der Waals surface area (Å²) < 4.78 is 0. The lowest BCUT2D eigenvalue weighted by molar-refractivity contribution is 0.769. The van der Waals surface area contributed by atoms with Gasteiger partial charge in [-0.25, -0.2) is 0 Å². The molecule has 0 amide bonds. The molecule has 12 aromatic rings. The van der Waals surface area contributed by atoms with Crippen molar-refractivity contribution in [2.45, 2.75) is 19.3 Å². The van der Waals surface area contributed by atoms with E-state index in [-0.39, 0.29) is 0 Å². The maximum Gasteiger partial charge on any atom is 0.0713 e. The molecule has 68 heavy (non-hydrogen) atoms. The van der Waals surface area contributed by atoms with Crippen LogP contribution in [0.15, 0.2) is 249 Å². The summed E-state index contributed by atoms with van der Waals surface area (Å²) in [7, 11) is 0. The second-order valence-electron chi connectivity index (χ2n) is 18.5. The minimum atomic E-state index is -0.478. The maximum atomic E-state index is 2.50. The van der Waals surface area contributed by atoms with Gasteiger partial charge in [-0.05, 0) is 167 Å². The molecule has 0 aromatic heterocycles. The predicted octanol–water partition coefficient (Wildman–Crippen LogP) is 18.1. The van der Waals surface area contributed by atoms with E-state index < -0.39 is 5.41 Å². The van der Waals surface area contributed by atoms with Crippen LogP contribution in [0.1, 0.15) is 33.4 Å². The van der Waals surface area contributed by atoms with E-state index in [9.17, 15) is 0 Å². The quantitative estimate of drug-likeness (QED) is 0.144. The molecule has 0 saturated heterocycles. The minimum absolute atomic E-state index is 0.478. The van der Waals surface area contributed by atoms with Crippen molar-refractivity contribution in [1.29, 1.82) is 0 Å². The van der Waals surface area contributed by atoms with E-state index in [0.717, 1.165) is 17.1 Å². The Bertz CT molecular complexity index is 3850. The molecule has 0 saturated carbocycles. The summed E-state index contributed by atoms with van der Waals surface area (Å²) in [6.07, 6.45) is 0. The van der Waals surface area contributed by atoms with Gasteiger partial charge in [0.25, 0.3) is 0 Å². The van der Waals surface area contributed by atoms with Crippen LogP contribution in [0.25, 0.3) is 76.5 Å². The van der Waals surface area contributed by atoms with Crippen LogP contribution in [0.2, 0.25) is 0 Å². The molecule has 0 unspecified atom stereocenters. The molecule has 0 bridgehead atoms. The highest BCUT2D eigenvalue weighted by Crippen LogP contribution is 2.57. The fraction of sp³-hybridized carbons (Fsp3) is 0.0448. The summed E-state index contributed by atoms with van der Waals surface area (Å²) in [4.78, 5) is 2.42. The van der Waals surface area contributed by atoms with Gasteiger partial charge >= 0.3 is 0 Å². The number of anilines is 3. The summed E-state index contributed by atoms with van der Waals surface area (Å²) in [5, 5.41) is 9.92. The highest BCUT2D eigenvalue weighted by Gasteiger charge is 2.46. The normalized spacial score (nSPS) is 12.7. The second-order valence-corrected chi connectivity index (χ2v) is 18.5. The zero-order valence-corrected chi connectivity index (χ0v) is 38.1. The lowest BCUT2D eigenvalue weighted by atomic mass is 9.67. The van der Waals surface area contributed by atoms with Crippen LogP contribution in [0.5, 0.6) is 0 Å². The van der Waals surface area contributed by atoms with Gasteiger partial charge in [-0.2, -0.15) is 0 Å². The molecule has 0 atom stereocenters. The Morgan fingerprint density at radius 2 is 0.750 bits per heavy atom. The van der Waals surface area contributed by atoms with E-state index in [1.54, 1.807) is 0 Å². The van der Waals surface area contributed by atoms with Crippen LogP contribution < -0.4 is 4.90 Å². The molecule has 0 spiro atoms. The smallest absolute Gasteiger partial charge is 0.0713 e. The summed E-state index contributed by atoms with van der Waals surface area (Å²) in [5.41, 5.74) is 18.1. The van der Waals surface area contributed by atoms with Gasteiger partial charge in [0, 0.05) is 16.8 Å². The molecule has 0 aliphatic heterocycles. The van der Waals surface area contributed by atoms with Gasteiger partial charge in [0.1, 0.15) is 0 Å². The zero-order valence-electron chi connectivity index (χ0n) is 38.1. The topological polar surface area (TPSA) is 3.24 Å². The Balaban J connectivity index is 1.04. The molecule has 0 heterocycles. The lowest BCUT2D eigenvalue weighted by Gasteiger charge is -2.34. The van der Waals surface area contributed by atoms with Crippen molar-refractivity contribution in [3.63, 3.8) is 0 Å². The molecular formula is C67H47N. The molecule has 0 fully saturated rings. The molecule has 12 aromatic carbocycles. The number of benzene rings is 12. The maximum absolute atomic E-state index is 2.50. The van der Waals surface area contributed by atoms with Crippen LogP contribution in [-0.2, 0) is 5.41 Å². The Morgan fingerprint density at radius 3 is 1.35 bits per heavy atom. The third kappa shape index (κ3) is 6.09. The fourth-order valence-electron chi connectivity index (χ4n) is 11.7. The van der Waals surface area contributed by atoms with Crippen LogP contribution >= 0.6 is 0 Å². The molecule has 0 N–H and O–H groups in total. The van der Waals surface area contributed by atoms with Crippen LogP contribution in [0, 0.1) is 13.8 Å². The number of rotatable bonds is 7. The first-order valence-corrected chi connectivity index (χ1v) is 23.7. The average Bonchev–Trinajstić information content (AvgIpc) is 3.69. The molecular weight excluding hydrogens is 819 g/mol. The summed E-state index contributed by atoms with van der Waals surface area (Å²) in [6, 6.07) is 92.8. The average molecular weight is 866 g/mol. The molecule has 1 nitrogen and oxygen atoms in total. The van der Waals surface area contributed by atoms with Crippen molar-refractivity contribution >= 4 is 60.2 Å². The number of hydrogen-bond acceptors (Lipinski definition) is 1. The lowest BCUT2D eigenvalue weighted by Crippen LogP contribution is -2.28. The first-order valence-electron chi connectivity index (χ1n) is 23.7. The van der Waals surface area contributed by atoms with Gasteiger partial charge in [-0.1, -0.05) is 200 Å². The minimum Gasteiger partial charge on any atom is -0.310 e. The third-order valence-corrected chi connectivity index (χ3v) is 14.6. The Labute approximate surface area is 397 Å². The first kappa shape index (κ1) is 39.8. The van der Waals surface area contributed by atoms with E-state index in [1.165, 1.54) is 110 Å². The number of nitrogens with zero attached hydrogens (tertiary/aromatic N) is 1. The van der Waals surface area contributed by atoms with Crippen molar-refractivity contribution < 1.29 is 0 Å². The zero-order chi connectivity index (χ0) is 45.3. The van der Waals surface area contributed by atoms with Crippen LogP contribution in [-0.4, -0.2) is 0 Å². The van der Waals surface area contributed by atoms with E-state index in [2.05, 4.69) is 267 Å². The highest BCUT2D eigenvalue weighted by molar-refractivity contribution is 6.25. The number of hydrogen-bond donors (Lipinski definition) is 0. The third-order valence-electron chi connectivity index (χ3n) is 14.6. The van der Waals surface area contributed by atoms with Crippen LogP contribution in [0.4, 0.5) is 17.1 Å². The monoisotopic (exact) mass is 865 g/mol. The second kappa shape index (κ2) is 15.8. The Morgan fingerprint density at radius 1 is 0.279 bits per heavy atom. The van der Waals surface area contributed by atoms with Gasteiger partial charge in [-0.15, -0.1) is 0 Å². The Kier molecular flexibility index (Phi) is 9.27. The molecule has 13 rings (SSSR count). The van der Waals surface area contributed by atoms with E-state index in [4.69, 9.17) is 0 Å². The SMILES string of the molecule is Cc1cccc(N(c2cccc(C)c2)c2ccc(-c3cc4c5ccccc5c(-c5ccc6c(c5)C(c5ccccc5)(c5ccccc5)c5ccccc5-6)cc4c4ccccc34)c3ccccc23)c1. The van der Waals surface area contributed by atoms with Crippen molar-refractivity contribution in [2.24, 2.45) is 0 Å². The van der Waals surface area contributed by atoms with E-state index in [0.29, 0.717) is 0 Å². The van der Waals surface area contributed by atoms with Gasteiger partial charge in [0.2, 0.25) is 0 Å². The molecule has 1 heteroatoms. The molecule has 320 valence electrons. The number of fused-ring (bicyclic) bond motifs is 9. The standard InChI is InChI=1S/C67H47N/c1-44-19-17-25-49(39-44)68(50-26-18-20-45(2)40-50)66-38-37-56(51-27-13-14-33-59(51)66)61-43-63-53-29-10-9-28-52(53)60(42-62(63)55-31-12-11-30-54(55)61)46-35-36-58-57-32-15-16-34-64(57)67(65(58)41-46,47-21-5-3-6-22-47)48-23-7-4-8-24-48/h3-43H,1-2H3. The van der Waals surface area contributed by atoms with Crippen molar-refractivity contribution in [2.75, 3.05) is 4.90 Å². The van der Waals surface area contributed by atoms with Gasteiger partial charge in [0.15, 0.2) is 0 Å². The molecule has 1 aliphatic rings. The summed E-state index contributed by atoms with van der Waals surface area (Å²) in [6.45, 7) is 4.34. The molecule has 1 aliphatic carbocycles.